The summed E-state index contributed by atoms with van der Waals surface area (Å²) in [4.78, 5) is 0. The molecule has 0 rings (SSSR count). The Kier molecular flexibility index (Phi) is 5.00. The summed E-state index contributed by atoms with van der Waals surface area (Å²) in [5.74, 6) is 0. The summed E-state index contributed by atoms with van der Waals surface area (Å²) in [6.07, 6.45) is -4.56. The lowest BCUT2D eigenvalue weighted by Crippen LogP contribution is -2.26. The van der Waals surface area contributed by atoms with Crippen molar-refractivity contribution in [2.45, 2.75) is 25.8 Å². The minimum Gasteiger partial charge on any atom is -0.330 e. The molecule has 0 aliphatic carbocycles. The van der Waals surface area contributed by atoms with Gasteiger partial charge < -0.3 is 4.21 Å². The molecule has 4 nitrogen and oxygen atoms in total. The third-order valence-electron chi connectivity index (χ3n) is 0.996. The highest BCUT2D eigenvalue weighted by atomic mass is 31.2. The molecule has 9 heteroatoms. The summed E-state index contributed by atoms with van der Waals surface area (Å²) in [6, 6.07) is 0. The second-order valence-electron chi connectivity index (χ2n) is 3.72. The molecular weight excluding hydrogens is 252 g/mol. The first kappa shape index (κ1) is 15.1. The Morgan fingerprint density at radius 1 is 1.27 bits per heavy atom. The summed E-state index contributed by atoms with van der Waals surface area (Å²) >= 11 is 0. The molecule has 0 heterocycles. The van der Waals surface area contributed by atoms with E-state index in [1.807, 2.05) is 0 Å². The molecule has 0 aromatic heterocycles. The van der Waals surface area contributed by atoms with Gasteiger partial charge in [-0.05, 0) is 19.6 Å². The molecule has 0 fully saturated rings. The maximum absolute atomic E-state index is 11.8. The molecule has 0 aliphatic heterocycles. The Labute approximate surface area is 87.5 Å². The highest BCUT2D eigenvalue weighted by molar-refractivity contribution is 7.50. The number of rotatable bonds is 5. The minimum absolute atomic E-state index is 0.983. The van der Waals surface area contributed by atoms with E-state index in [9.17, 15) is 17.7 Å². The Bertz CT molecular complexity index is 250. The molecule has 0 aliphatic rings. The van der Waals surface area contributed by atoms with Crippen molar-refractivity contribution in [1.29, 1.82) is 0 Å². The molecule has 0 radical (unpaired) electrons. The molecule has 0 saturated carbocycles. The second kappa shape index (κ2) is 4.97. The molecule has 15 heavy (non-hydrogen) atoms. The van der Waals surface area contributed by atoms with Gasteiger partial charge in [-0.25, -0.2) is 4.57 Å². The zero-order chi connectivity index (χ0) is 12.3. The van der Waals surface area contributed by atoms with Crippen molar-refractivity contribution >= 4 is 16.1 Å². The lowest BCUT2D eigenvalue weighted by atomic mass is 10.7. The van der Waals surface area contributed by atoms with Crippen LogP contribution in [0, 0.1) is 0 Å². The first-order chi connectivity index (χ1) is 6.47. The molecule has 0 bridgehead atoms. The molecule has 0 saturated heterocycles. The van der Waals surface area contributed by atoms with Crippen LogP contribution < -0.4 is 0 Å². The van der Waals surface area contributed by atoms with Gasteiger partial charge in [-0.15, -0.1) is 0 Å². The quantitative estimate of drug-likeness (QED) is 0.566. The van der Waals surface area contributed by atoms with E-state index < -0.39 is 28.9 Å². The summed E-state index contributed by atoms with van der Waals surface area (Å²) < 4.78 is 60.4. The zero-order valence-corrected chi connectivity index (χ0v) is 10.8. The molecule has 0 spiro atoms. The zero-order valence-electron chi connectivity index (χ0n) is 8.92. The lowest BCUT2D eigenvalue weighted by Gasteiger charge is -2.24. The van der Waals surface area contributed by atoms with Crippen molar-refractivity contribution in [1.82, 2.24) is 0 Å². The number of hydrogen-bond acceptors (Lipinski definition) is 4. The van der Waals surface area contributed by atoms with E-state index in [1.165, 1.54) is 0 Å². The van der Waals surface area contributed by atoms with Crippen LogP contribution in [-0.4, -0.2) is 28.2 Å². The van der Waals surface area contributed by atoms with Gasteiger partial charge in [-0.3, -0.25) is 9.05 Å². The lowest BCUT2D eigenvalue weighted by molar-refractivity contribution is -0.157. The maximum atomic E-state index is 11.8. The van der Waals surface area contributed by atoms with Crippen LogP contribution >= 0.6 is 7.82 Å². The molecule has 0 N–H and O–H groups in total. The number of phosphoric acid groups is 1. The van der Waals surface area contributed by atoms with Crippen molar-refractivity contribution in [3.05, 3.63) is 0 Å². The van der Waals surface area contributed by atoms with Crippen LogP contribution in [0.15, 0.2) is 0 Å². The first-order valence-corrected chi connectivity index (χ1v) is 8.92. The second-order valence-corrected chi connectivity index (χ2v) is 10.2. The van der Waals surface area contributed by atoms with E-state index in [1.54, 1.807) is 19.6 Å². The third kappa shape index (κ3) is 7.98. The molecular formula is C6H14F3O4PSi. The average Bonchev–Trinajstić information content (AvgIpc) is 1.97. The van der Waals surface area contributed by atoms with Gasteiger partial charge in [0.2, 0.25) is 0 Å². The molecule has 1 unspecified atom stereocenters. The SMILES string of the molecule is COP(=O)(OCC(F)(F)F)O[Si](C)(C)C. The Balaban J connectivity index is 4.40. The van der Waals surface area contributed by atoms with E-state index in [4.69, 9.17) is 4.21 Å². The monoisotopic (exact) mass is 266 g/mol. The summed E-state index contributed by atoms with van der Waals surface area (Å²) in [5, 5.41) is 0. The van der Waals surface area contributed by atoms with E-state index in [0.717, 1.165) is 7.11 Å². The largest absolute Gasteiger partial charge is 0.464 e. The highest BCUT2D eigenvalue weighted by Gasteiger charge is 2.38. The fourth-order valence-corrected chi connectivity index (χ4v) is 4.21. The number of halogens is 3. The number of phosphoric ester groups is 1. The van der Waals surface area contributed by atoms with Crippen molar-refractivity contribution < 1.29 is 31.0 Å². The van der Waals surface area contributed by atoms with E-state index in [2.05, 4.69) is 9.05 Å². The van der Waals surface area contributed by atoms with Crippen LogP contribution in [0.2, 0.25) is 19.6 Å². The van der Waals surface area contributed by atoms with Crippen LogP contribution in [0.3, 0.4) is 0 Å². The standard InChI is InChI=1S/C6H14F3O4PSi/c1-11-14(10,13-15(2,3)4)12-5-6(7,8)9/h5H2,1-4H3. The Morgan fingerprint density at radius 2 is 1.73 bits per heavy atom. The Morgan fingerprint density at radius 3 is 2.00 bits per heavy atom. The van der Waals surface area contributed by atoms with Crippen molar-refractivity contribution in [2.75, 3.05) is 13.7 Å². The van der Waals surface area contributed by atoms with Crippen LogP contribution in [-0.2, 0) is 17.8 Å². The number of alkyl halides is 3. The number of hydrogen-bond donors (Lipinski definition) is 0. The summed E-state index contributed by atoms with van der Waals surface area (Å²) in [7, 11) is -5.38. The van der Waals surface area contributed by atoms with E-state index in [-0.39, 0.29) is 0 Å². The molecule has 0 aromatic rings. The fourth-order valence-electron chi connectivity index (χ4n) is 0.604. The fraction of sp³-hybridized carbons (Fsp3) is 1.00. The van der Waals surface area contributed by atoms with Crippen molar-refractivity contribution in [3.8, 4) is 0 Å². The van der Waals surface area contributed by atoms with Crippen LogP contribution in [0.4, 0.5) is 13.2 Å². The van der Waals surface area contributed by atoms with Crippen molar-refractivity contribution in [3.63, 3.8) is 0 Å². The first-order valence-electron chi connectivity index (χ1n) is 4.05. The smallest absolute Gasteiger partial charge is 0.330 e. The van der Waals surface area contributed by atoms with Gasteiger partial charge in [0.25, 0.3) is 0 Å². The van der Waals surface area contributed by atoms with Crippen molar-refractivity contribution in [2.24, 2.45) is 0 Å². The predicted molar refractivity (Wildman–Crippen MR) is 51.1 cm³/mol. The van der Waals surface area contributed by atoms with Gasteiger partial charge in [0, 0.05) is 7.11 Å². The van der Waals surface area contributed by atoms with Gasteiger partial charge in [0.05, 0.1) is 0 Å². The predicted octanol–water partition coefficient (Wildman–Crippen LogP) is 3.17. The summed E-state index contributed by atoms with van der Waals surface area (Å²) in [6.45, 7) is 3.34. The van der Waals surface area contributed by atoms with Gasteiger partial charge in [0.1, 0.15) is 0 Å². The Hall–Kier alpha value is 0.117. The van der Waals surface area contributed by atoms with Gasteiger partial charge in [-0.1, -0.05) is 0 Å². The molecule has 0 amide bonds. The van der Waals surface area contributed by atoms with Crippen LogP contribution in [0.5, 0.6) is 0 Å². The van der Waals surface area contributed by atoms with E-state index in [0.29, 0.717) is 0 Å². The van der Waals surface area contributed by atoms with Crippen LogP contribution in [0.1, 0.15) is 0 Å². The van der Waals surface area contributed by atoms with Crippen LogP contribution in [0.25, 0.3) is 0 Å². The molecule has 1 atom stereocenters. The molecule has 92 valence electrons. The maximum Gasteiger partial charge on any atom is 0.464 e. The highest BCUT2D eigenvalue weighted by Crippen LogP contribution is 2.51. The van der Waals surface area contributed by atoms with Gasteiger partial charge in [0.15, 0.2) is 14.9 Å². The average molecular weight is 266 g/mol. The van der Waals surface area contributed by atoms with Gasteiger partial charge >= 0.3 is 14.0 Å². The topological polar surface area (TPSA) is 44.8 Å². The third-order valence-corrected chi connectivity index (χ3v) is 4.97. The minimum atomic E-state index is -4.56. The summed E-state index contributed by atoms with van der Waals surface area (Å²) in [5.41, 5.74) is 0. The van der Waals surface area contributed by atoms with E-state index >= 15 is 0 Å². The molecule has 0 aromatic carbocycles. The normalized spacial score (nSPS) is 17.5. The van der Waals surface area contributed by atoms with Gasteiger partial charge in [-0.2, -0.15) is 13.2 Å².